The van der Waals surface area contributed by atoms with Gasteiger partial charge >= 0.3 is 5.69 Å². The molecular formula is C15H18N4O3. The Morgan fingerprint density at radius 1 is 1.41 bits per heavy atom. The van der Waals surface area contributed by atoms with Gasteiger partial charge in [-0.25, -0.2) is 4.68 Å². The van der Waals surface area contributed by atoms with Gasteiger partial charge in [0.2, 0.25) is 5.82 Å². The molecule has 2 aromatic rings. The van der Waals surface area contributed by atoms with Crippen LogP contribution in [0.4, 0.5) is 11.5 Å². The van der Waals surface area contributed by atoms with Crippen molar-refractivity contribution in [1.82, 2.24) is 9.78 Å². The second-order valence-corrected chi connectivity index (χ2v) is 5.41. The van der Waals surface area contributed by atoms with Crippen molar-refractivity contribution < 1.29 is 9.66 Å². The van der Waals surface area contributed by atoms with Gasteiger partial charge < -0.3 is 9.64 Å². The minimum absolute atomic E-state index is 0.0915. The van der Waals surface area contributed by atoms with E-state index in [4.69, 9.17) is 4.74 Å². The van der Waals surface area contributed by atoms with Gasteiger partial charge in [0.05, 0.1) is 12.0 Å². The Hall–Kier alpha value is -2.57. The van der Waals surface area contributed by atoms with Crippen LogP contribution in [-0.2, 0) is 20.0 Å². The summed E-state index contributed by atoms with van der Waals surface area (Å²) in [6.07, 6.45) is 0.792. The topological polar surface area (TPSA) is 73.4 Å². The quantitative estimate of drug-likeness (QED) is 0.642. The molecule has 22 heavy (non-hydrogen) atoms. The van der Waals surface area contributed by atoms with Crippen molar-refractivity contribution in [2.45, 2.75) is 19.9 Å². The first-order valence-corrected chi connectivity index (χ1v) is 7.10. The van der Waals surface area contributed by atoms with E-state index in [2.05, 4.69) is 5.10 Å². The number of hydrogen-bond donors (Lipinski definition) is 0. The molecule has 1 aromatic heterocycles. The number of nitro groups is 1. The van der Waals surface area contributed by atoms with E-state index < -0.39 is 0 Å². The largest absolute Gasteiger partial charge is 0.496 e. The summed E-state index contributed by atoms with van der Waals surface area (Å²) in [6.45, 7) is 2.99. The van der Waals surface area contributed by atoms with Gasteiger partial charge in [0, 0.05) is 25.7 Å². The molecule has 3 rings (SSSR count). The predicted molar refractivity (Wildman–Crippen MR) is 82.3 cm³/mol. The minimum atomic E-state index is -0.348. The standard InChI is InChI=1S/C15H18N4O3/c1-10-14(19(20)21)15(17(2)16-10)18-8-7-12-11(9-18)5-4-6-13(12)22-3/h4-6H,7-9H2,1-3H3. The van der Waals surface area contributed by atoms with E-state index in [0.717, 1.165) is 17.7 Å². The Balaban J connectivity index is 2.01. The van der Waals surface area contributed by atoms with Gasteiger partial charge in [0.1, 0.15) is 11.4 Å². The number of hydrogen-bond acceptors (Lipinski definition) is 5. The molecule has 0 fully saturated rings. The third-order valence-corrected chi connectivity index (χ3v) is 4.09. The molecule has 7 nitrogen and oxygen atoms in total. The molecule has 2 heterocycles. The van der Waals surface area contributed by atoms with Crippen LogP contribution >= 0.6 is 0 Å². The molecule has 1 aliphatic rings. The molecule has 0 atom stereocenters. The molecule has 1 aromatic carbocycles. The second kappa shape index (κ2) is 5.32. The highest BCUT2D eigenvalue weighted by molar-refractivity contribution is 5.62. The van der Waals surface area contributed by atoms with Crippen LogP contribution in [0.3, 0.4) is 0 Å². The van der Waals surface area contributed by atoms with Crippen molar-refractivity contribution >= 4 is 11.5 Å². The molecule has 0 radical (unpaired) electrons. The number of methoxy groups -OCH3 is 1. The SMILES string of the molecule is COc1cccc2c1CCN(c1c([N+](=O)[O-])c(C)nn1C)C2. The monoisotopic (exact) mass is 302 g/mol. The summed E-state index contributed by atoms with van der Waals surface area (Å²) < 4.78 is 6.99. The molecule has 0 spiro atoms. The fourth-order valence-corrected chi connectivity index (χ4v) is 3.15. The number of benzene rings is 1. The average Bonchev–Trinajstić information content (AvgIpc) is 2.80. The highest BCUT2D eigenvalue weighted by atomic mass is 16.6. The summed E-state index contributed by atoms with van der Waals surface area (Å²) in [4.78, 5) is 13.0. The normalized spacial score (nSPS) is 13.9. The maximum absolute atomic E-state index is 11.4. The maximum Gasteiger partial charge on any atom is 0.333 e. The van der Waals surface area contributed by atoms with Gasteiger partial charge in [-0.05, 0) is 25.0 Å². The van der Waals surface area contributed by atoms with Gasteiger partial charge in [-0.3, -0.25) is 10.1 Å². The fourth-order valence-electron chi connectivity index (χ4n) is 3.15. The lowest BCUT2D eigenvalue weighted by molar-refractivity contribution is -0.384. The van der Waals surface area contributed by atoms with Crippen LogP contribution in [0, 0.1) is 17.0 Å². The first kappa shape index (κ1) is 14.4. The Labute approximate surface area is 128 Å². The first-order valence-electron chi connectivity index (χ1n) is 7.10. The number of aryl methyl sites for hydroxylation is 2. The zero-order valence-corrected chi connectivity index (χ0v) is 12.9. The Bertz CT molecular complexity index is 739. The highest BCUT2D eigenvalue weighted by Crippen LogP contribution is 2.35. The Kier molecular flexibility index (Phi) is 3.48. The first-order chi connectivity index (χ1) is 10.5. The number of ether oxygens (including phenoxy) is 1. The average molecular weight is 302 g/mol. The fraction of sp³-hybridized carbons (Fsp3) is 0.400. The molecular weight excluding hydrogens is 284 g/mol. The molecule has 0 unspecified atom stereocenters. The third-order valence-electron chi connectivity index (χ3n) is 4.09. The van der Waals surface area contributed by atoms with Crippen LogP contribution in [0.25, 0.3) is 0 Å². The van der Waals surface area contributed by atoms with Crippen molar-refractivity contribution in [2.75, 3.05) is 18.6 Å². The second-order valence-electron chi connectivity index (χ2n) is 5.41. The van der Waals surface area contributed by atoms with Gasteiger partial charge in [0.15, 0.2) is 0 Å². The van der Waals surface area contributed by atoms with Crippen LogP contribution in [0.5, 0.6) is 5.75 Å². The van der Waals surface area contributed by atoms with E-state index in [-0.39, 0.29) is 10.6 Å². The summed E-state index contributed by atoms with van der Waals surface area (Å²) in [6, 6.07) is 5.94. The maximum atomic E-state index is 11.4. The van der Waals surface area contributed by atoms with E-state index >= 15 is 0 Å². The number of fused-ring (bicyclic) bond motifs is 1. The predicted octanol–water partition coefficient (Wildman–Crippen LogP) is 2.21. The molecule has 0 aliphatic carbocycles. The van der Waals surface area contributed by atoms with E-state index in [1.807, 2.05) is 23.1 Å². The van der Waals surface area contributed by atoms with E-state index in [1.54, 1.807) is 25.8 Å². The molecule has 1 aliphatic heterocycles. The van der Waals surface area contributed by atoms with Gasteiger partial charge in [0.25, 0.3) is 0 Å². The summed E-state index contributed by atoms with van der Waals surface area (Å²) in [5.74, 6) is 1.45. The molecule has 0 saturated heterocycles. The number of anilines is 1. The van der Waals surface area contributed by atoms with Gasteiger partial charge in [-0.1, -0.05) is 12.1 Å². The number of nitrogens with zero attached hydrogens (tertiary/aromatic N) is 4. The van der Waals surface area contributed by atoms with Crippen LogP contribution in [0.1, 0.15) is 16.8 Å². The van der Waals surface area contributed by atoms with Crippen molar-refractivity contribution in [3.8, 4) is 5.75 Å². The minimum Gasteiger partial charge on any atom is -0.496 e. The summed E-state index contributed by atoms with van der Waals surface area (Å²) in [5.41, 5.74) is 2.86. The van der Waals surface area contributed by atoms with Crippen molar-refractivity contribution in [3.05, 3.63) is 45.1 Å². The van der Waals surface area contributed by atoms with E-state index in [1.165, 1.54) is 5.56 Å². The molecule has 0 saturated carbocycles. The zero-order chi connectivity index (χ0) is 15.9. The van der Waals surface area contributed by atoms with E-state index in [9.17, 15) is 10.1 Å². The zero-order valence-electron chi connectivity index (χ0n) is 12.9. The van der Waals surface area contributed by atoms with Crippen molar-refractivity contribution in [2.24, 2.45) is 7.05 Å². The lowest BCUT2D eigenvalue weighted by Gasteiger charge is -2.30. The van der Waals surface area contributed by atoms with Crippen molar-refractivity contribution in [1.29, 1.82) is 0 Å². The van der Waals surface area contributed by atoms with E-state index in [0.29, 0.717) is 24.6 Å². The molecule has 0 bridgehead atoms. The number of aromatic nitrogens is 2. The Morgan fingerprint density at radius 2 is 2.18 bits per heavy atom. The van der Waals surface area contributed by atoms with Gasteiger partial charge in [-0.2, -0.15) is 5.10 Å². The van der Waals surface area contributed by atoms with Crippen LogP contribution in [-0.4, -0.2) is 28.4 Å². The number of rotatable bonds is 3. The van der Waals surface area contributed by atoms with Gasteiger partial charge in [-0.15, -0.1) is 0 Å². The smallest absolute Gasteiger partial charge is 0.333 e. The Morgan fingerprint density at radius 3 is 2.86 bits per heavy atom. The van der Waals surface area contributed by atoms with Crippen LogP contribution in [0.2, 0.25) is 0 Å². The molecule has 0 amide bonds. The van der Waals surface area contributed by atoms with Crippen LogP contribution in [0.15, 0.2) is 18.2 Å². The molecule has 0 N–H and O–H groups in total. The summed E-state index contributed by atoms with van der Waals surface area (Å²) in [5, 5.41) is 15.6. The lowest BCUT2D eigenvalue weighted by atomic mass is 9.98. The van der Waals surface area contributed by atoms with Crippen molar-refractivity contribution in [3.63, 3.8) is 0 Å². The molecule has 7 heteroatoms. The molecule has 116 valence electrons. The third kappa shape index (κ3) is 2.18. The highest BCUT2D eigenvalue weighted by Gasteiger charge is 2.30. The van der Waals surface area contributed by atoms with Crippen LogP contribution < -0.4 is 9.64 Å². The summed E-state index contributed by atoms with van der Waals surface area (Å²) in [7, 11) is 3.41. The lowest BCUT2D eigenvalue weighted by Crippen LogP contribution is -2.32. The summed E-state index contributed by atoms with van der Waals surface area (Å²) >= 11 is 0.